The molecule has 1 fully saturated rings. The summed E-state index contributed by atoms with van der Waals surface area (Å²) in [5.41, 5.74) is -3.55. The molecule has 0 spiro atoms. The molecule has 0 bridgehead atoms. The van der Waals surface area contributed by atoms with Crippen LogP contribution < -0.4 is 9.80 Å². The third-order valence-corrected chi connectivity index (χ3v) is 5.38. The summed E-state index contributed by atoms with van der Waals surface area (Å²) < 4.78 is 54.4. The van der Waals surface area contributed by atoms with E-state index < -0.39 is 46.4 Å². The van der Waals surface area contributed by atoms with Gasteiger partial charge in [-0.15, -0.1) is 0 Å². The van der Waals surface area contributed by atoms with E-state index in [1.165, 1.54) is 23.1 Å². The number of aliphatic hydroxyl groups excluding tert-OH is 1. The molecular formula is C20H15F4N3O3S. The Morgan fingerprint density at radius 1 is 1.19 bits per heavy atom. The normalized spacial score (nSPS) is 18.3. The molecule has 0 amide bonds. The van der Waals surface area contributed by atoms with Gasteiger partial charge in [-0.05, 0) is 62.5 Å². The monoisotopic (exact) mass is 453 g/mol. The van der Waals surface area contributed by atoms with Crippen molar-refractivity contribution in [2.24, 2.45) is 0 Å². The first kappa shape index (κ1) is 22.5. The number of anilines is 2. The van der Waals surface area contributed by atoms with Crippen LogP contribution in [0.15, 0.2) is 36.4 Å². The maximum Gasteiger partial charge on any atom is 0.417 e. The number of carboxylic acid groups (broad SMARTS) is 1. The van der Waals surface area contributed by atoms with Crippen LogP contribution in [0.1, 0.15) is 35.3 Å². The highest BCUT2D eigenvalue weighted by Gasteiger charge is 2.50. The summed E-state index contributed by atoms with van der Waals surface area (Å²) in [6.45, 7) is 3.09. The average molecular weight is 453 g/mol. The molecule has 1 saturated heterocycles. The van der Waals surface area contributed by atoms with Crippen LogP contribution >= 0.6 is 12.2 Å². The molecule has 3 rings (SSSR count). The molecule has 1 aliphatic rings. The third-order valence-electron chi connectivity index (χ3n) is 5.00. The Balaban J connectivity index is 2.10. The zero-order chi connectivity index (χ0) is 23.3. The minimum atomic E-state index is -4.81. The molecule has 162 valence electrons. The highest BCUT2D eigenvalue weighted by atomic mass is 32.1. The Morgan fingerprint density at radius 3 is 2.32 bits per heavy atom. The number of nitriles is 1. The van der Waals surface area contributed by atoms with Gasteiger partial charge in [-0.3, -0.25) is 4.90 Å². The Morgan fingerprint density at radius 2 is 1.81 bits per heavy atom. The van der Waals surface area contributed by atoms with Crippen LogP contribution in [0.25, 0.3) is 0 Å². The van der Waals surface area contributed by atoms with Crippen molar-refractivity contribution in [1.82, 2.24) is 0 Å². The molecule has 0 aliphatic carbocycles. The lowest BCUT2D eigenvalue weighted by atomic mass is 10.0. The molecule has 0 saturated carbocycles. The van der Waals surface area contributed by atoms with Crippen molar-refractivity contribution in [2.75, 3.05) is 9.80 Å². The van der Waals surface area contributed by atoms with Gasteiger partial charge in [-0.1, -0.05) is 0 Å². The van der Waals surface area contributed by atoms with E-state index in [4.69, 9.17) is 22.6 Å². The third kappa shape index (κ3) is 3.68. The van der Waals surface area contributed by atoms with Crippen molar-refractivity contribution in [3.63, 3.8) is 0 Å². The van der Waals surface area contributed by atoms with E-state index >= 15 is 0 Å². The molecule has 0 aromatic heterocycles. The van der Waals surface area contributed by atoms with Gasteiger partial charge in [0, 0.05) is 11.4 Å². The molecule has 31 heavy (non-hydrogen) atoms. The van der Waals surface area contributed by atoms with Crippen molar-refractivity contribution in [3.8, 4) is 6.07 Å². The minimum absolute atomic E-state index is 0.109. The largest absolute Gasteiger partial charge is 0.478 e. The Labute approximate surface area is 179 Å². The lowest BCUT2D eigenvalue weighted by Crippen LogP contribution is -2.47. The first-order valence-electron chi connectivity index (χ1n) is 8.76. The van der Waals surface area contributed by atoms with E-state index in [2.05, 4.69) is 0 Å². The molecule has 1 atom stereocenters. The van der Waals surface area contributed by atoms with Gasteiger partial charge in [0.1, 0.15) is 5.82 Å². The van der Waals surface area contributed by atoms with Crippen LogP contribution in [-0.2, 0) is 6.18 Å². The zero-order valence-corrected chi connectivity index (χ0v) is 16.9. The predicted molar refractivity (Wildman–Crippen MR) is 107 cm³/mol. The zero-order valence-electron chi connectivity index (χ0n) is 16.1. The number of benzene rings is 2. The lowest BCUT2D eigenvalue weighted by Gasteiger charge is -2.33. The van der Waals surface area contributed by atoms with E-state index in [1.54, 1.807) is 13.8 Å². The summed E-state index contributed by atoms with van der Waals surface area (Å²) in [7, 11) is 0. The van der Waals surface area contributed by atoms with Gasteiger partial charge in [-0.25, -0.2) is 9.18 Å². The van der Waals surface area contributed by atoms with Crippen molar-refractivity contribution < 1.29 is 32.6 Å². The summed E-state index contributed by atoms with van der Waals surface area (Å²) in [6.07, 6.45) is -6.24. The Kier molecular flexibility index (Phi) is 5.41. The van der Waals surface area contributed by atoms with E-state index in [0.29, 0.717) is 6.07 Å². The number of thiocarbonyl (C=S) groups is 1. The van der Waals surface area contributed by atoms with Gasteiger partial charge in [0.15, 0.2) is 11.3 Å². The predicted octanol–water partition coefficient (Wildman–Crippen LogP) is 4.12. The quantitative estimate of drug-likeness (QED) is 0.534. The van der Waals surface area contributed by atoms with Crippen LogP contribution in [0.5, 0.6) is 0 Å². The fourth-order valence-corrected chi connectivity index (χ4v) is 3.96. The maximum atomic E-state index is 14.2. The SMILES string of the molecule is CC1(C)C(O)N(c2ccc(C#N)c(C(F)(F)F)c2)C(=S)N1c1ccc(C(=O)O)c(F)c1. The highest BCUT2D eigenvalue weighted by Crippen LogP contribution is 2.41. The summed E-state index contributed by atoms with van der Waals surface area (Å²) in [5, 5.41) is 28.7. The standard InChI is InChI=1S/C20H15F4N3O3S/c1-19(2)17(30)26(11-4-3-10(9-25)14(7-11)20(22,23)24)18(31)27(19)12-5-6-13(16(28)29)15(21)8-12/h3-8,17,30H,1-2H3,(H,28,29). The van der Waals surface area contributed by atoms with Gasteiger partial charge in [0.05, 0.1) is 28.3 Å². The smallest absolute Gasteiger partial charge is 0.417 e. The number of rotatable bonds is 3. The summed E-state index contributed by atoms with van der Waals surface area (Å²) in [5.74, 6) is -2.50. The highest BCUT2D eigenvalue weighted by molar-refractivity contribution is 7.80. The Hall–Kier alpha value is -3.23. The number of carbonyl (C=O) groups is 1. The lowest BCUT2D eigenvalue weighted by molar-refractivity contribution is -0.137. The first-order chi connectivity index (χ1) is 14.3. The topological polar surface area (TPSA) is 87.8 Å². The molecule has 1 heterocycles. The average Bonchev–Trinajstić information content (AvgIpc) is 2.84. The van der Waals surface area contributed by atoms with Gasteiger partial charge in [0.2, 0.25) is 0 Å². The van der Waals surface area contributed by atoms with Gasteiger partial charge >= 0.3 is 12.1 Å². The van der Waals surface area contributed by atoms with Crippen LogP contribution in [-0.4, -0.2) is 33.1 Å². The summed E-state index contributed by atoms with van der Waals surface area (Å²) in [6, 6.07) is 7.63. The summed E-state index contributed by atoms with van der Waals surface area (Å²) >= 11 is 5.38. The number of carboxylic acids is 1. The fourth-order valence-electron chi connectivity index (χ4n) is 3.42. The van der Waals surface area contributed by atoms with Crippen LogP contribution in [0, 0.1) is 17.1 Å². The number of alkyl halides is 3. The van der Waals surface area contributed by atoms with Crippen molar-refractivity contribution in [1.29, 1.82) is 5.26 Å². The van der Waals surface area contributed by atoms with Crippen LogP contribution in [0.4, 0.5) is 28.9 Å². The molecule has 11 heteroatoms. The number of nitrogens with zero attached hydrogens (tertiary/aromatic N) is 3. The molecule has 2 aromatic carbocycles. The molecule has 0 radical (unpaired) electrons. The van der Waals surface area contributed by atoms with Crippen molar-refractivity contribution in [3.05, 3.63) is 58.9 Å². The minimum Gasteiger partial charge on any atom is -0.478 e. The Bertz CT molecular complexity index is 1130. The molecule has 1 unspecified atom stereocenters. The number of aromatic carboxylic acids is 1. The molecular weight excluding hydrogens is 438 g/mol. The van der Waals surface area contributed by atoms with E-state index in [1.807, 2.05) is 0 Å². The molecule has 6 nitrogen and oxygen atoms in total. The maximum absolute atomic E-state index is 14.2. The van der Waals surface area contributed by atoms with E-state index in [9.17, 15) is 27.5 Å². The second kappa shape index (κ2) is 7.47. The van der Waals surface area contributed by atoms with Gasteiger partial charge in [-0.2, -0.15) is 18.4 Å². The van der Waals surface area contributed by atoms with Crippen molar-refractivity contribution in [2.45, 2.75) is 31.8 Å². The second-order valence-electron chi connectivity index (χ2n) is 7.32. The summed E-state index contributed by atoms with van der Waals surface area (Å²) in [4.78, 5) is 13.4. The second-order valence-corrected chi connectivity index (χ2v) is 7.69. The van der Waals surface area contributed by atoms with E-state index in [0.717, 1.165) is 23.1 Å². The van der Waals surface area contributed by atoms with Crippen LogP contribution in [0.3, 0.4) is 0 Å². The molecule has 2 aromatic rings. The number of hydrogen-bond acceptors (Lipinski definition) is 4. The van der Waals surface area contributed by atoms with Gasteiger partial charge in [0.25, 0.3) is 0 Å². The number of hydrogen-bond donors (Lipinski definition) is 2. The van der Waals surface area contributed by atoms with E-state index in [-0.39, 0.29) is 16.5 Å². The first-order valence-corrected chi connectivity index (χ1v) is 9.17. The fraction of sp³-hybridized carbons (Fsp3) is 0.250. The van der Waals surface area contributed by atoms with Crippen LogP contribution in [0.2, 0.25) is 0 Å². The van der Waals surface area contributed by atoms with Gasteiger partial charge < -0.3 is 15.1 Å². The molecule has 2 N–H and O–H groups in total. The molecule has 1 aliphatic heterocycles. The van der Waals surface area contributed by atoms with Crippen molar-refractivity contribution >= 4 is 34.7 Å². The number of aliphatic hydroxyl groups is 1. The number of halogens is 4.